The zero-order valence-corrected chi connectivity index (χ0v) is 13.5. The Kier molecular flexibility index (Phi) is 7.86. The van der Waals surface area contributed by atoms with Crippen molar-refractivity contribution in [3.8, 4) is 0 Å². The van der Waals surface area contributed by atoms with Crippen molar-refractivity contribution < 1.29 is 0 Å². The summed E-state index contributed by atoms with van der Waals surface area (Å²) in [5, 5.41) is 0. The molecule has 0 aliphatic carbocycles. The smallest absolute Gasteiger partial charge is 0.0333 e. The van der Waals surface area contributed by atoms with Gasteiger partial charge in [-0.2, -0.15) is 0 Å². The lowest BCUT2D eigenvalue weighted by Gasteiger charge is -2.34. The summed E-state index contributed by atoms with van der Waals surface area (Å²) < 4.78 is 0. The molecule has 1 rings (SSSR count). The molecule has 0 amide bonds. The fourth-order valence-electron chi connectivity index (χ4n) is 2.86. The highest BCUT2D eigenvalue weighted by molar-refractivity contribution is 5.23. The number of hydrogen-bond donors (Lipinski definition) is 2. The monoisotopic (exact) mass is 276 g/mol. The van der Waals surface area contributed by atoms with E-state index in [4.69, 9.17) is 5.84 Å². The number of rotatable bonds is 10. The third-order valence-corrected chi connectivity index (χ3v) is 4.29. The van der Waals surface area contributed by atoms with E-state index in [2.05, 4.69) is 56.5 Å². The van der Waals surface area contributed by atoms with E-state index in [1.807, 2.05) is 0 Å². The second-order valence-corrected chi connectivity index (χ2v) is 6.39. The van der Waals surface area contributed by atoms with Gasteiger partial charge >= 0.3 is 0 Å². The first-order valence-electron chi connectivity index (χ1n) is 8.14. The number of hydrazine groups is 1. The van der Waals surface area contributed by atoms with E-state index in [1.165, 1.54) is 50.5 Å². The second-order valence-electron chi connectivity index (χ2n) is 6.39. The summed E-state index contributed by atoms with van der Waals surface area (Å²) >= 11 is 0. The minimum atomic E-state index is -0.0647. The average molecular weight is 276 g/mol. The first kappa shape index (κ1) is 17.2. The van der Waals surface area contributed by atoms with E-state index >= 15 is 0 Å². The first-order chi connectivity index (χ1) is 9.61. The minimum absolute atomic E-state index is 0.0647. The molecule has 2 heteroatoms. The SMILES string of the molecule is CCCCCCCCC(c1ccccc1)C(C)(C)NN. The molecule has 3 N–H and O–H groups in total. The molecule has 2 nitrogen and oxygen atoms in total. The molecule has 1 aromatic rings. The van der Waals surface area contributed by atoms with Crippen molar-refractivity contribution >= 4 is 0 Å². The summed E-state index contributed by atoms with van der Waals surface area (Å²) in [7, 11) is 0. The largest absolute Gasteiger partial charge is 0.271 e. The van der Waals surface area contributed by atoms with Gasteiger partial charge in [-0.05, 0) is 25.8 Å². The Hall–Kier alpha value is -0.860. The van der Waals surface area contributed by atoms with Crippen LogP contribution in [0.2, 0.25) is 0 Å². The van der Waals surface area contributed by atoms with Crippen LogP contribution in [0.4, 0.5) is 0 Å². The highest BCUT2D eigenvalue weighted by Crippen LogP contribution is 2.32. The molecule has 0 aliphatic heterocycles. The van der Waals surface area contributed by atoms with E-state index in [1.54, 1.807) is 0 Å². The van der Waals surface area contributed by atoms with Gasteiger partial charge in [-0.3, -0.25) is 11.3 Å². The van der Waals surface area contributed by atoms with Gasteiger partial charge in [0.2, 0.25) is 0 Å². The maximum Gasteiger partial charge on any atom is 0.0333 e. The van der Waals surface area contributed by atoms with Crippen LogP contribution in [0.3, 0.4) is 0 Å². The number of benzene rings is 1. The average Bonchev–Trinajstić information content (AvgIpc) is 2.47. The van der Waals surface area contributed by atoms with Crippen LogP contribution in [0.5, 0.6) is 0 Å². The van der Waals surface area contributed by atoms with Crippen LogP contribution in [0.25, 0.3) is 0 Å². The van der Waals surface area contributed by atoms with Gasteiger partial charge in [-0.1, -0.05) is 75.8 Å². The van der Waals surface area contributed by atoms with E-state index < -0.39 is 0 Å². The summed E-state index contributed by atoms with van der Waals surface area (Å²) in [6, 6.07) is 10.8. The Labute approximate surface area is 125 Å². The van der Waals surface area contributed by atoms with E-state index in [-0.39, 0.29) is 5.54 Å². The quantitative estimate of drug-likeness (QED) is 0.367. The van der Waals surface area contributed by atoms with Crippen LogP contribution < -0.4 is 11.3 Å². The normalized spacial score (nSPS) is 13.4. The third-order valence-electron chi connectivity index (χ3n) is 4.29. The Morgan fingerprint density at radius 1 is 1.00 bits per heavy atom. The summed E-state index contributed by atoms with van der Waals surface area (Å²) in [5.41, 5.74) is 4.33. The zero-order valence-electron chi connectivity index (χ0n) is 13.5. The highest BCUT2D eigenvalue weighted by Gasteiger charge is 2.28. The molecular weight excluding hydrogens is 244 g/mol. The number of nitrogens with one attached hydrogen (secondary N) is 1. The summed E-state index contributed by atoms with van der Waals surface area (Å²) in [4.78, 5) is 0. The molecule has 0 bridgehead atoms. The van der Waals surface area contributed by atoms with E-state index in [0.29, 0.717) is 5.92 Å². The molecular formula is C18H32N2. The Morgan fingerprint density at radius 3 is 2.20 bits per heavy atom. The predicted molar refractivity (Wildman–Crippen MR) is 88.6 cm³/mol. The molecule has 0 radical (unpaired) electrons. The fourth-order valence-corrected chi connectivity index (χ4v) is 2.86. The first-order valence-corrected chi connectivity index (χ1v) is 8.14. The number of unbranched alkanes of at least 4 members (excludes halogenated alkanes) is 5. The van der Waals surface area contributed by atoms with Crippen molar-refractivity contribution in [1.29, 1.82) is 0 Å². The van der Waals surface area contributed by atoms with Crippen molar-refractivity contribution in [1.82, 2.24) is 5.43 Å². The van der Waals surface area contributed by atoms with Crippen molar-refractivity contribution in [3.05, 3.63) is 35.9 Å². The van der Waals surface area contributed by atoms with Gasteiger partial charge in [0, 0.05) is 11.5 Å². The molecule has 0 saturated heterocycles. The van der Waals surface area contributed by atoms with Gasteiger partial charge in [-0.25, -0.2) is 0 Å². The van der Waals surface area contributed by atoms with Crippen molar-refractivity contribution in [2.45, 2.75) is 77.2 Å². The molecule has 0 saturated carbocycles. The Bertz CT molecular complexity index is 346. The van der Waals surface area contributed by atoms with E-state index in [0.717, 1.165) is 0 Å². The molecule has 114 valence electrons. The highest BCUT2D eigenvalue weighted by atomic mass is 15.3. The topological polar surface area (TPSA) is 38.0 Å². The predicted octanol–water partition coefficient (Wildman–Crippen LogP) is 4.76. The Balaban J connectivity index is 2.53. The van der Waals surface area contributed by atoms with E-state index in [9.17, 15) is 0 Å². The van der Waals surface area contributed by atoms with Crippen molar-refractivity contribution in [2.75, 3.05) is 0 Å². The lowest BCUT2D eigenvalue weighted by molar-refractivity contribution is 0.303. The van der Waals surface area contributed by atoms with Crippen molar-refractivity contribution in [3.63, 3.8) is 0 Å². The summed E-state index contributed by atoms with van der Waals surface area (Å²) in [6.07, 6.45) is 9.26. The van der Waals surface area contributed by atoms with Crippen molar-refractivity contribution in [2.24, 2.45) is 5.84 Å². The lowest BCUT2D eigenvalue weighted by atomic mass is 9.79. The number of nitrogens with two attached hydrogens (primary N) is 1. The molecule has 0 fully saturated rings. The zero-order chi connectivity index (χ0) is 14.8. The van der Waals surface area contributed by atoms with Gasteiger partial charge in [0.15, 0.2) is 0 Å². The van der Waals surface area contributed by atoms with Gasteiger partial charge in [0.25, 0.3) is 0 Å². The molecule has 0 spiro atoms. The summed E-state index contributed by atoms with van der Waals surface area (Å²) in [6.45, 7) is 6.66. The molecule has 0 aliphatic rings. The maximum absolute atomic E-state index is 5.76. The van der Waals surface area contributed by atoms with Crippen LogP contribution in [0.15, 0.2) is 30.3 Å². The van der Waals surface area contributed by atoms with Crippen LogP contribution in [0.1, 0.15) is 77.2 Å². The fraction of sp³-hybridized carbons (Fsp3) is 0.667. The minimum Gasteiger partial charge on any atom is -0.271 e. The number of hydrogen-bond acceptors (Lipinski definition) is 2. The third kappa shape index (κ3) is 5.64. The molecule has 1 unspecified atom stereocenters. The van der Waals surface area contributed by atoms with Gasteiger partial charge in [0.05, 0.1) is 0 Å². The molecule has 0 aromatic heterocycles. The molecule has 1 aromatic carbocycles. The van der Waals surface area contributed by atoms with Gasteiger partial charge in [-0.15, -0.1) is 0 Å². The Morgan fingerprint density at radius 2 is 1.60 bits per heavy atom. The molecule has 0 heterocycles. The van der Waals surface area contributed by atoms with Gasteiger partial charge < -0.3 is 0 Å². The maximum atomic E-state index is 5.76. The molecule has 1 atom stereocenters. The second kappa shape index (κ2) is 9.15. The van der Waals surface area contributed by atoms with Crippen LogP contribution in [-0.2, 0) is 0 Å². The molecule has 20 heavy (non-hydrogen) atoms. The summed E-state index contributed by atoms with van der Waals surface area (Å²) in [5.74, 6) is 6.24. The van der Waals surface area contributed by atoms with Gasteiger partial charge in [0.1, 0.15) is 0 Å². The lowest BCUT2D eigenvalue weighted by Crippen LogP contribution is -2.48. The standard InChI is InChI=1S/C18H32N2/c1-4-5-6-7-8-12-15-17(18(2,3)20-19)16-13-10-9-11-14-16/h9-11,13-14,17,20H,4-8,12,15,19H2,1-3H3. The van der Waals surface area contributed by atoms with Crippen LogP contribution >= 0.6 is 0 Å². The van der Waals surface area contributed by atoms with Crippen LogP contribution in [-0.4, -0.2) is 5.54 Å². The van der Waals surface area contributed by atoms with Crippen LogP contribution in [0, 0.1) is 0 Å².